The number of nitrogens with zero attached hydrogens (tertiary/aromatic N) is 3. The fourth-order valence-corrected chi connectivity index (χ4v) is 5.87. The maximum Gasteiger partial charge on any atom is 0.410 e. The highest BCUT2D eigenvalue weighted by molar-refractivity contribution is 5.95. The lowest BCUT2D eigenvalue weighted by Crippen LogP contribution is -2.48. The normalized spacial score (nSPS) is 19.2. The highest BCUT2D eigenvalue weighted by Gasteiger charge is 2.43. The van der Waals surface area contributed by atoms with Gasteiger partial charge in [-0.05, 0) is 64.3 Å². The molecule has 2 aliphatic rings. The fraction of sp³-hybridized carbons (Fsp3) is 0.452. The Labute approximate surface area is 234 Å². The molecule has 5 rings (SSSR count). The van der Waals surface area contributed by atoms with Crippen LogP contribution in [0.15, 0.2) is 42.5 Å². The number of hydrogen-bond acceptors (Lipinski definition) is 6. The number of carbonyl (C=O) groups is 2. The van der Waals surface area contributed by atoms with Crippen molar-refractivity contribution >= 4 is 34.3 Å². The van der Waals surface area contributed by atoms with Crippen LogP contribution in [0.3, 0.4) is 0 Å². The first-order valence-corrected chi connectivity index (χ1v) is 13.7. The van der Waals surface area contributed by atoms with Gasteiger partial charge in [0.05, 0.1) is 18.3 Å². The van der Waals surface area contributed by atoms with Gasteiger partial charge in [0.15, 0.2) is 11.6 Å². The van der Waals surface area contributed by atoms with Crippen molar-refractivity contribution in [2.24, 2.45) is 5.41 Å². The van der Waals surface area contributed by atoms with Crippen molar-refractivity contribution in [3.8, 4) is 17.0 Å². The molecule has 212 valence electrons. The van der Waals surface area contributed by atoms with Crippen molar-refractivity contribution in [3.05, 3.63) is 48.3 Å². The number of amides is 2. The predicted molar refractivity (Wildman–Crippen MR) is 154 cm³/mol. The van der Waals surface area contributed by atoms with E-state index in [9.17, 15) is 14.0 Å². The van der Waals surface area contributed by atoms with E-state index in [4.69, 9.17) is 14.5 Å². The molecule has 1 atom stereocenters. The third-order valence-corrected chi connectivity index (χ3v) is 7.65. The maximum atomic E-state index is 14.9. The van der Waals surface area contributed by atoms with Crippen molar-refractivity contribution in [2.75, 3.05) is 43.5 Å². The highest BCUT2D eigenvalue weighted by Crippen LogP contribution is 2.43. The molecule has 1 aromatic heterocycles. The lowest BCUT2D eigenvalue weighted by molar-refractivity contribution is -0.114. The van der Waals surface area contributed by atoms with Crippen LogP contribution < -0.4 is 15.0 Å². The molecule has 8 nitrogen and oxygen atoms in total. The van der Waals surface area contributed by atoms with E-state index in [1.165, 1.54) is 20.1 Å². The van der Waals surface area contributed by atoms with Gasteiger partial charge >= 0.3 is 6.09 Å². The summed E-state index contributed by atoms with van der Waals surface area (Å²) < 4.78 is 25.8. The van der Waals surface area contributed by atoms with Gasteiger partial charge in [-0.2, -0.15) is 0 Å². The number of hydrogen-bond donors (Lipinski definition) is 1. The number of benzene rings is 2. The second-order valence-corrected chi connectivity index (χ2v) is 12.0. The van der Waals surface area contributed by atoms with Crippen LogP contribution in [0.2, 0.25) is 0 Å². The van der Waals surface area contributed by atoms with Crippen LogP contribution in [-0.2, 0) is 9.53 Å². The van der Waals surface area contributed by atoms with Gasteiger partial charge in [-0.25, -0.2) is 14.2 Å². The number of nitrogens with one attached hydrogen (secondary N) is 1. The maximum absolute atomic E-state index is 14.9. The summed E-state index contributed by atoms with van der Waals surface area (Å²) in [5.74, 6) is -0.431. The van der Waals surface area contributed by atoms with Crippen LogP contribution >= 0.6 is 0 Å². The van der Waals surface area contributed by atoms with E-state index in [-0.39, 0.29) is 23.2 Å². The van der Waals surface area contributed by atoms with Gasteiger partial charge in [0.2, 0.25) is 5.91 Å². The van der Waals surface area contributed by atoms with Gasteiger partial charge in [0.1, 0.15) is 5.60 Å². The molecular weight excluding hydrogens is 511 g/mol. The molecule has 3 heterocycles. The quantitative estimate of drug-likeness (QED) is 0.416. The highest BCUT2D eigenvalue weighted by atomic mass is 19.1. The third-order valence-electron chi connectivity index (χ3n) is 7.65. The zero-order valence-electron chi connectivity index (χ0n) is 23.8. The standard InChI is InChI=1S/C31H37FN4O4/c1-20(37)33-22-9-7-21(8-10-22)25-16-27(23-15-24(32)28(39-5)17-26(23)34-25)35-14-12-31(18-35)11-6-13-36(19-31)29(38)40-30(2,3)4/h7-10,15-17H,6,11-14,18-19H2,1-5H3,(H,33,37). The Kier molecular flexibility index (Phi) is 7.33. The lowest BCUT2D eigenvalue weighted by Gasteiger charge is -2.40. The number of halogens is 1. The van der Waals surface area contributed by atoms with E-state index in [1.54, 1.807) is 6.07 Å². The molecule has 0 radical (unpaired) electrons. The van der Waals surface area contributed by atoms with Crippen LogP contribution in [0.5, 0.6) is 5.75 Å². The summed E-state index contributed by atoms with van der Waals surface area (Å²) in [6.07, 6.45) is 2.60. The first-order chi connectivity index (χ1) is 18.9. The molecule has 2 aliphatic heterocycles. The summed E-state index contributed by atoms with van der Waals surface area (Å²) in [7, 11) is 1.44. The van der Waals surface area contributed by atoms with Gasteiger partial charge in [-0.3, -0.25) is 4.79 Å². The number of carbonyl (C=O) groups excluding carboxylic acids is 2. The first kappa shape index (κ1) is 27.7. The summed E-state index contributed by atoms with van der Waals surface area (Å²) in [5, 5.41) is 3.50. The van der Waals surface area contributed by atoms with Crippen molar-refractivity contribution in [3.63, 3.8) is 0 Å². The number of aromatic nitrogens is 1. The molecule has 1 unspecified atom stereocenters. The zero-order valence-corrected chi connectivity index (χ0v) is 23.8. The van der Waals surface area contributed by atoms with Crippen molar-refractivity contribution in [1.29, 1.82) is 0 Å². The molecule has 0 bridgehead atoms. The Morgan fingerprint density at radius 1 is 1.05 bits per heavy atom. The van der Waals surface area contributed by atoms with Crippen LogP contribution in [0, 0.1) is 11.2 Å². The number of piperidine rings is 1. The topological polar surface area (TPSA) is 84.0 Å². The van der Waals surface area contributed by atoms with Crippen LogP contribution in [0.4, 0.5) is 20.6 Å². The lowest BCUT2D eigenvalue weighted by atomic mass is 9.79. The zero-order chi connectivity index (χ0) is 28.7. The summed E-state index contributed by atoms with van der Waals surface area (Å²) >= 11 is 0. The number of rotatable bonds is 4. The number of likely N-dealkylation sites (tertiary alicyclic amines) is 1. The summed E-state index contributed by atoms with van der Waals surface area (Å²) in [6, 6.07) is 12.6. The van der Waals surface area contributed by atoms with E-state index >= 15 is 0 Å². The molecule has 1 spiro atoms. The molecule has 0 saturated carbocycles. The van der Waals surface area contributed by atoms with Crippen LogP contribution in [0.1, 0.15) is 47.0 Å². The predicted octanol–water partition coefficient (Wildman–Crippen LogP) is 6.24. The minimum absolute atomic E-state index is 0.0596. The average molecular weight is 549 g/mol. The molecule has 2 saturated heterocycles. The van der Waals surface area contributed by atoms with Gasteiger partial charge in [0, 0.05) is 66.9 Å². The van der Waals surface area contributed by atoms with E-state index in [0.717, 1.165) is 49.3 Å². The van der Waals surface area contributed by atoms with E-state index in [1.807, 2.05) is 56.0 Å². The summed E-state index contributed by atoms with van der Waals surface area (Å²) in [6.45, 7) is 10.00. The van der Waals surface area contributed by atoms with Gasteiger partial charge in [-0.15, -0.1) is 0 Å². The minimum Gasteiger partial charge on any atom is -0.494 e. The average Bonchev–Trinajstić information content (AvgIpc) is 3.29. The molecule has 2 amide bonds. The number of ether oxygens (including phenoxy) is 2. The van der Waals surface area contributed by atoms with Crippen molar-refractivity contribution in [1.82, 2.24) is 9.88 Å². The van der Waals surface area contributed by atoms with E-state index in [2.05, 4.69) is 10.2 Å². The first-order valence-electron chi connectivity index (χ1n) is 13.7. The Hall–Kier alpha value is -3.88. The Bertz CT molecular complexity index is 1440. The van der Waals surface area contributed by atoms with Crippen molar-refractivity contribution < 1.29 is 23.5 Å². The van der Waals surface area contributed by atoms with Crippen LogP contribution in [0.25, 0.3) is 22.2 Å². The SMILES string of the molecule is COc1cc2nc(-c3ccc(NC(C)=O)cc3)cc(N3CCC4(CCCN(C(=O)OC(C)(C)C)C4)C3)c2cc1F. The second-order valence-electron chi connectivity index (χ2n) is 12.0. The van der Waals surface area contributed by atoms with Gasteiger partial charge < -0.3 is 24.6 Å². The molecular formula is C31H37FN4O4. The van der Waals surface area contributed by atoms with E-state index in [0.29, 0.717) is 29.7 Å². The van der Waals surface area contributed by atoms with Gasteiger partial charge in [-0.1, -0.05) is 12.1 Å². The molecule has 2 fully saturated rings. The number of fused-ring (bicyclic) bond motifs is 1. The monoisotopic (exact) mass is 548 g/mol. The summed E-state index contributed by atoms with van der Waals surface area (Å²) in [4.78, 5) is 33.3. The number of methoxy groups -OCH3 is 1. The molecule has 2 aromatic carbocycles. The number of pyridine rings is 1. The van der Waals surface area contributed by atoms with Crippen molar-refractivity contribution in [2.45, 2.75) is 52.6 Å². The third kappa shape index (κ3) is 5.83. The molecule has 3 aromatic rings. The van der Waals surface area contributed by atoms with Crippen LogP contribution in [-0.4, -0.2) is 60.8 Å². The summed E-state index contributed by atoms with van der Waals surface area (Å²) in [5.41, 5.74) is 3.26. The number of anilines is 2. The fourth-order valence-electron chi connectivity index (χ4n) is 5.87. The second kappa shape index (κ2) is 10.6. The van der Waals surface area contributed by atoms with E-state index < -0.39 is 11.4 Å². The largest absolute Gasteiger partial charge is 0.494 e. The Morgan fingerprint density at radius 2 is 1.80 bits per heavy atom. The molecule has 40 heavy (non-hydrogen) atoms. The van der Waals surface area contributed by atoms with Gasteiger partial charge in [0.25, 0.3) is 0 Å². The minimum atomic E-state index is -0.540. The molecule has 1 N–H and O–H groups in total. The molecule has 0 aliphatic carbocycles. The Balaban J connectivity index is 1.48. The Morgan fingerprint density at radius 3 is 2.48 bits per heavy atom. The smallest absolute Gasteiger partial charge is 0.410 e. The molecule has 9 heteroatoms.